The smallest absolute Gasteiger partial charge is 0.329 e. The first kappa shape index (κ1) is 20.9. The summed E-state index contributed by atoms with van der Waals surface area (Å²) in [6, 6.07) is 0. The van der Waals surface area contributed by atoms with E-state index in [1.165, 1.54) is 0 Å². The monoisotopic (exact) mass is 450 g/mol. The average molecular weight is 451 g/mol. The molecule has 162 valence electrons. The number of carbonyl (C=O) groups is 2. The number of amides is 2. The Balaban J connectivity index is 1.30. The van der Waals surface area contributed by atoms with Crippen molar-refractivity contribution >= 4 is 58.1 Å². The second-order valence-corrected chi connectivity index (χ2v) is 9.00. The van der Waals surface area contributed by atoms with E-state index in [4.69, 9.17) is 24.4 Å². The molecular formula is C18H26N8O2S2. The third-order valence-corrected chi connectivity index (χ3v) is 6.62. The lowest BCUT2D eigenvalue weighted by atomic mass is 9.81. The minimum absolute atomic E-state index is 0.384. The highest BCUT2D eigenvalue weighted by Crippen LogP contribution is 2.32. The number of nitrogens with zero attached hydrogens (tertiary/aromatic N) is 2. The molecule has 0 radical (unpaired) electrons. The Bertz CT molecular complexity index is 760. The molecule has 2 amide bonds. The standard InChI is InChI=1S/C18H26N8O2S2/c27-11(23-25-13-17(21-15(29)19-13)7-3-1-4-8-17)12(28)24-26-14-18(22-16(30)20-14)9-5-2-6-10-18/h1-10H2,(H,23,27)(H,24,28)(H2,19,21,25,29)(H2,20,22,26,30). The highest BCUT2D eigenvalue weighted by Gasteiger charge is 2.43. The molecule has 2 heterocycles. The van der Waals surface area contributed by atoms with E-state index in [9.17, 15) is 9.59 Å². The van der Waals surface area contributed by atoms with E-state index in [0.29, 0.717) is 21.9 Å². The van der Waals surface area contributed by atoms with Gasteiger partial charge in [-0.1, -0.05) is 38.5 Å². The van der Waals surface area contributed by atoms with Gasteiger partial charge in [0.2, 0.25) is 0 Å². The first-order valence-corrected chi connectivity index (χ1v) is 11.2. The normalized spacial score (nSPS) is 23.9. The van der Waals surface area contributed by atoms with Gasteiger partial charge >= 0.3 is 11.8 Å². The number of hydrazine groups is 2. The van der Waals surface area contributed by atoms with Crippen LogP contribution >= 0.6 is 24.4 Å². The first-order chi connectivity index (χ1) is 14.4. The van der Waals surface area contributed by atoms with E-state index >= 15 is 0 Å². The minimum Gasteiger partial charge on any atom is -0.348 e. The summed E-state index contributed by atoms with van der Waals surface area (Å²) in [7, 11) is 0. The van der Waals surface area contributed by atoms with Crippen molar-refractivity contribution < 1.29 is 9.59 Å². The van der Waals surface area contributed by atoms with Crippen LogP contribution in [-0.4, -0.2) is 44.8 Å². The molecule has 30 heavy (non-hydrogen) atoms. The van der Waals surface area contributed by atoms with Crippen molar-refractivity contribution in [3.05, 3.63) is 0 Å². The molecular weight excluding hydrogens is 424 g/mol. The second-order valence-electron chi connectivity index (χ2n) is 8.22. The third-order valence-electron chi connectivity index (χ3n) is 6.24. The van der Waals surface area contributed by atoms with Crippen LogP contribution in [0.15, 0.2) is 9.98 Å². The molecule has 0 aromatic rings. The van der Waals surface area contributed by atoms with Gasteiger partial charge in [0.05, 0.1) is 11.1 Å². The fourth-order valence-corrected chi connectivity index (χ4v) is 5.25. The molecule has 0 aromatic heterocycles. The topological polar surface area (TPSA) is 131 Å². The third kappa shape index (κ3) is 4.10. The number of hydrogen-bond acceptors (Lipinski definition) is 6. The van der Waals surface area contributed by atoms with Crippen LogP contribution < -0.4 is 32.3 Å². The zero-order valence-electron chi connectivity index (χ0n) is 16.6. The van der Waals surface area contributed by atoms with E-state index in [1.807, 2.05) is 0 Å². The molecule has 12 heteroatoms. The minimum atomic E-state index is -0.846. The van der Waals surface area contributed by atoms with Crippen LogP contribution in [0.25, 0.3) is 0 Å². The summed E-state index contributed by atoms with van der Waals surface area (Å²) in [6.07, 6.45) is 10.0. The lowest BCUT2D eigenvalue weighted by Gasteiger charge is -2.35. The Hall–Kier alpha value is -2.34. The van der Waals surface area contributed by atoms with Crippen LogP contribution in [0.5, 0.6) is 0 Å². The van der Waals surface area contributed by atoms with Gasteiger partial charge in [0.25, 0.3) is 0 Å². The molecule has 4 rings (SSSR count). The molecule has 6 N–H and O–H groups in total. The first-order valence-electron chi connectivity index (χ1n) is 10.4. The number of thiocarbonyl (C=S) groups is 2. The van der Waals surface area contributed by atoms with E-state index < -0.39 is 11.8 Å². The molecule has 2 spiro atoms. The molecule has 0 bridgehead atoms. The molecule has 0 unspecified atom stereocenters. The summed E-state index contributed by atoms with van der Waals surface area (Å²) in [5.41, 5.74) is 9.66. The van der Waals surface area contributed by atoms with Crippen molar-refractivity contribution in [1.29, 1.82) is 0 Å². The summed E-state index contributed by atoms with van der Waals surface area (Å²) in [4.78, 5) is 33.1. The van der Waals surface area contributed by atoms with E-state index in [-0.39, 0.29) is 11.1 Å². The molecule has 0 aromatic carbocycles. The number of hydrogen-bond donors (Lipinski definition) is 6. The molecule has 2 saturated carbocycles. The molecule has 2 fully saturated rings. The SMILES string of the molecule is O=C(NNC1=NC(=S)NC12CCCCC2)C(=O)NNC1=NC(=S)NC12CCCCC2. The van der Waals surface area contributed by atoms with Crippen molar-refractivity contribution in [2.75, 3.05) is 0 Å². The largest absolute Gasteiger partial charge is 0.348 e. The highest BCUT2D eigenvalue weighted by atomic mass is 32.1. The Morgan fingerprint density at radius 2 is 1.07 bits per heavy atom. The van der Waals surface area contributed by atoms with Crippen molar-refractivity contribution in [3.8, 4) is 0 Å². The number of aliphatic imine (C=N–C) groups is 2. The van der Waals surface area contributed by atoms with E-state index in [2.05, 4.69) is 42.3 Å². The van der Waals surface area contributed by atoms with Gasteiger partial charge in [-0.2, -0.15) is 0 Å². The maximum atomic E-state index is 12.3. The van der Waals surface area contributed by atoms with Gasteiger partial charge in [-0.3, -0.25) is 31.3 Å². The maximum Gasteiger partial charge on any atom is 0.329 e. The van der Waals surface area contributed by atoms with Crippen LogP contribution in [0.1, 0.15) is 64.2 Å². The van der Waals surface area contributed by atoms with Gasteiger partial charge in [0, 0.05) is 0 Å². The maximum absolute atomic E-state index is 12.3. The van der Waals surface area contributed by atoms with Crippen molar-refractivity contribution in [2.45, 2.75) is 75.3 Å². The van der Waals surface area contributed by atoms with Crippen molar-refractivity contribution in [3.63, 3.8) is 0 Å². The Labute approximate surface area is 185 Å². The van der Waals surface area contributed by atoms with Crippen LogP contribution in [0, 0.1) is 0 Å². The van der Waals surface area contributed by atoms with E-state index in [1.54, 1.807) is 0 Å². The number of carbonyl (C=O) groups excluding carboxylic acids is 2. The van der Waals surface area contributed by atoms with Crippen molar-refractivity contribution in [2.24, 2.45) is 9.98 Å². The zero-order chi connectivity index (χ0) is 21.2. The van der Waals surface area contributed by atoms with Gasteiger partial charge in [0.15, 0.2) is 10.2 Å². The van der Waals surface area contributed by atoms with Crippen LogP contribution in [-0.2, 0) is 9.59 Å². The molecule has 4 aliphatic rings. The van der Waals surface area contributed by atoms with Gasteiger partial charge in [-0.05, 0) is 50.1 Å². The average Bonchev–Trinajstić information content (AvgIpc) is 3.20. The second kappa shape index (κ2) is 8.42. The van der Waals surface area contributed by atoms with Crippen LogP contribution in [0.3, 0.4) is 0 Å². The fraction of sp³-hybridized carbons (Fsp3) is 0.667. The zero-order valence-corrected chi connectivity index (χ0v) is 18.2. The summed E-state index contributed by atoms with van der Waals surface area (Å²) in [5.74, 6) is -0.587. The summed E-state index contributed by atoms with van der Waals surface area (Å²) in [6.45, 7) is 0. The Morgan fingerprint density at radius 1 is 0.700 bits per heavy atom. The number of nitrogens with one attached hydrogen (secondary N) is 6. The van der Waals surface area contributed by atoms with Gasteiger partial charge in [0.1, 0.15) is 11.7 Å². The predicted octanol–water partition coefficient (Wildman–Crippen LogP) is 0.207. The predicted molar refractivity (Wildman–Crippen MR) is 121 cm³/mol. The molecule has 0 atom stereocenters. The van der Waals surface area contributed by atoms with Gasteiger partial charge in [-0.25, -0.2) is 9.98 Å². The van der Waals surface area contributed by atoms with Gasteiger partial charge in [-0.15, -0.1) is 0 Å². The van der Waals surface area contributed by atoms with Crippen molar-refractivity contribution in [1.82, 2.24) is 32.3 Å². The van der Waals surface area contributed by atoms with Crippen LogP contribution in [0.2, 0.25) is 0 Å². The Kier molecular flexibility index (Phi) is 5.87. The highest BCUT2D eigenvalue weighted by molar-refractivity contribution is 7.80. The van der Waals surface area contributed by atoms with E-state index in [0.717, 1.165) is 64.2 Å². The molecule has 10 nitrogen and oxygen atoms in total. The molecule has 2 aliphatic carbocycles. The molecule has 2 aliphatic heterocycles. The molecule has 0 saturated heterocycles. The lowest BCUT2D eigenvalue weighted by Crippen LogP contribution is -2.61. The van der Waals surface area contributed by atoms with Crippen LogP contribution in [0.4, 0.5) is 0 Å². The van der Waals surface area contributed by atoms with Gasteiger partial charge < -0.3 is 10.6 Å². The summed E-state index contributed by atoms with van der Waals surface area (Å²) in [5, 5.41) is 7.25. The summed E-state index contributed by atoms with van der Waals surface area (Å²) >= 11 is 10.4. The fourth-order valence-electron chi connectivity index (χ4n) is 4.68. The summed E-state index contributed by atoms with van der Waals surface area (Å²) < 4.78 is 0. The lowest BCUT2D eigenvalue weighted by molar-refractivity contribution is -0.139. The quantitative estimate of drug-likeness (QED) is 0.175. The Morgan fingerprint density at radius 3 is 1.43 bits per heavy atom. The number of amidine groups is 2. The number of rotatable bonds is 0.